The molecular formula is C50H54N4O7Si. The molecule has 4 atom stereocenters. The van der Waals surface area contributed by atoms with Crippen LogP contribution in [0, 0.1) is 5.92 Å². The van der Waals surface area contributed by atoms with Gasteiger partial charge in [-0.2, -0.15) is 5.10 Å². The minimum absolute atomic E-state index is 0.0356. The highest BCUT2D eigenvalue weighted by molar-refractivity contribution is 6.91. The van der Waals surface area contributed by atoms with E-state index < -0.39 is 19.8 Å². The highest BCUT2D eigenvalue weighted by atomic mass is 28.3. The van der Waals surface area contributed by atoms with Crippen LogP contribution >= 0.6 is 0 Å². The van der Waals surface area contributed by atoms with Gasteiger partial charge in [-0.25, -0.2) is 5.01 Å². The molecule has 0 saturated carbocycles. The molecule has 11 nitrogen and oxygen atoms in total. The number of hydrogen-bond donors (Lipinski definition) is 1. The molecule has 62 heavy (non-hydrogen) atoms. The van der Waals surface area contributed by atoms with E-state index in [2.05, 4.69) is 32.2 Å². The van der Waals surface area contributed by atoms with E-state index in [-0.39, 0.29) is 55.3 Å². The van der Waals surface area contributed by atoms with Crippen LogP contribution in [-0.2, 0) is 37.8 Å². The minimum Gasteiger partial charge on any atom is -0.497 e. The summed E-state index contributed by atoms with van der Waals surface area (Å²) in [5, 5.41) is 17.5. The number of nitrogens with zero attached hydrogens (tertiary/aromatic N) is 4. The average molecular weight is 851 g/mol. The third-order valence-electron chi connectivity index (χ3n) is 13.0. The molecule has 0 unspecified atom stereocenters. The molecule has 3 aliphatic rings. The van der Waals surface area contributed by atoms with Gasteiger partial charge in [-0.05, 0) is 64.7 Å². The third kappa shape index (κ3) is 7.94. The number of hydrogen-bond acceptors (Lipinski definition) is 8. The first kappa shape index (κ1) is 42.6. The molecule has 5 aromatic carbocycles. The highest BCUT2D eigenvalue weighted by Gasteiger charge is 2.66. The Kier molecular flexibility index (Phi) is 12.2. The van der Waals surface area contributed by atoms with Crippen LogP contribution in [0.4, 0.5) is 11.4 Å². The molecule has 8 rings (SSSR count). The Hall–Kier alpha value is -6.08. The number of ether oxygens (including phenoxy) is 3. The van der Waals surface area contributed by atoms with E-state index in [1.807, 2.05) is 115 Å². The van der Waals surface area contributed by atoms with Crippen molar-refractivity contribution in [2.45, 2.75) is 69.6 Å². The quantitative estimate of drug-likeness (QED) is 0.116. The van der Waals surface area contributed by atoms with Crippen molar-refractivity contribution in [3.63, 3.8) is 0 Å². The summed E-state index contributed by atoms with van der Waals surface area (Å²) in [6.07, 6.45) is 0.346. The van der Waals surface area contributed by atoms with E-state index in [0.29, 0.717) is 36.4 Å². The van der Waals surface area contributed by atoms with Crippen molar-refractivity contribution < 1.29 is 33.7 Å². The Bertz CT molecular complexity index is 2450. The summed E-state index contributed by atoms with van der Waals surface area (Å²) in [5.41, 5.74) is 4.14. The van der Waals surface area contributed by atoms with Crippen molar-refractivity contribution in [2.24, 2.45) is 11.0 Å². The SMILES string of the molecule is COc1ccc([Si](C)(C)[C@H]2[C@H](CC(=O)N(CCO)Cc3ccccc3)O[C@@]3(C(=O)N(Cc4ccc(N5N=C(c6ccccc6)CCC5=O)cc4)c4ccc(OC)cc43)[C@@H]2C)cc1. The molecule has 3 amide bonds. The maximum atomic E-state index is 15.5. The van der Waals surface area contributed by atoms with Gasteiger partial charge in [-0.15, -0.1) is 0 Å². The fourth-order valence-corrected chi connectivity index (χ4v) is 13.8. The van der Waals surface area contributed by atoms with Crippen LogP contribution in [0.15, 0.2) is 132 Å². The van der Waals surface area contributed by atoms with E-state index in [0.717, 1.165) is 39.0 Å². The lowest BCUT2D eigenvalue weighted by atomic mass is 9.82. The Morgan fingerprint density at radius 2 is 1.52 bits per heavy atom. The van der Waals surface area contributed by atoms with Crippen LogP contribution < -0.4 is 24.6 Å². The van der Waals surface area contributed by atoms with Gasteiger partial charge < -0.3 is 29.1 Å². The van der Waals surface area contributed by atoms with Crippen LogP contribution in [0.25, 0.3) is 0 Å². The molecule has 12 heteroatoms. The van der Waals surface area contributed by atoms with Crippen molar-refractivity contribution in [3.8, 4) is 11.5 Å². The summed E-state index contributed by atoms with van der Waals surface area (Å²) in [6, 6.07) is 41.1. The number of hydrazone groups is 1. The predicted molar refractivity (Wildman–Crippen MR) is 243 cm³/mol. The second-order valence-electron chi connectivity index (χ2n) is 16.9. The molecule has 3 aliphatic heterocycles. The Balaban J connectivity index is 1.14. The molecule has 0 radical (unpaired) electrons. The lowest BCUT2D eigenvalue weighted by Crippen LogP contribution is -2.52. The van der Waals surface area contributed by atoms with Gasteiger partial charge in [-0.1, -0.05) is 110 Å². The molecule has 1 fully saturated rings. The number of carbonyl (C=O) groups is 3. The van der Waals surface area contributed by atoms with Crippen LogP contribution in [0.2, 0.25) is 18.6 Å². The van der Waals surface area contributed by atoms with E-state index in [1.165, 1.54) is 5.01 Å². The van der Waals surface area contributed by atoms with Crippen LogP contribution in [-0.4, -0.2) is 75.0 Å². The molecule has 0 aliphatic carbocycles. The lowest BCUT2D eigenvalue weighted by molar-refractivity contribution is -0.150. The number of methoxy groups -OCH3 is 2. The van der Waals surface area contributed by atoms with Gasteiger partial charge in [0.2, 0.25) is 11.8 Å². The maximum Gasteiger partial charge on any atom is 0.264 e. The minimum atomic E-state index is -2.57. The van der Waals surface area contributed by atoms with Gasteiger partial charge in [0.1, 0.15) is 11.5 Å². The maximum absolute atomic E-state index is 15.5. The highest BCUT2D eigenvalue weighted by Crippen LogP contribution is 2.60. The summed E-state index contributed by atoms with van der Waals surface area (Å²) < 4.78 is 18.6. The summed E-state index contributed by atoms with van der Waals surface area (Å²) in [7, 11) is 0.687. The van der Waals surface area contributed by atoms with E-state index in [4.69, 9.17) is 19.3 Å². The smallest absolute Gasteiger partial charge is 0.264 e. The monoisotopic (exact) mass is 850 g/mol. The molecule has 3 heterocycles. The average Bonchev–Trinajstić information content (AvgIpc) is 3.72. The second-order valence-corrected chi connectivity index (χ2v) is 21.6. The topological polar surface area (TPSA) is 121 Å². The van der Waals surface area contributed by atoms with E-state index in [1.54, 1.807) is 24.0 Å². The van der Waals surface area contributed by atoms with Gasteiger partial charge in [0.05, 0.1) is 65.1 Å². The number of anilines is 2. The third-order valence-corrected chi connectivity index (χ3v) is 17.4. The summed E-state index contributed by atoms with van der Waals surface area (Å²) in [5.74, 6) is 0.573. The summed E-state index contributed by atoms with van der Waals surface area (Å²) in [4.78, 5) is 46.5. The Morgan fingerprint density at radius 1 is 0.855 bits per heavy atom. The lowest BCUT2D eigenvalue weighted by Gasteiger charge is -2.37. The van der Waals surface area contributed by atoms with Gasteiger partial charge in [0, 0.05) is 37.4 Å². The van der Waals surface area contributed by atoms with Crippen molar-refractivity contribution in [1.29, 1.82) is 0 Å². The van der Waals surface area contributed by atoms with E-state index >= 15 is 4.79 Å². The van der Waals surface area contributed by atoms with E-state index in [9.17, 15) is 14.7 Å². The molecule has 1 N–H and O–H groups in total. The van der Waals surface area contributed by atoms with Crippen molar-refractivity contribution in [2.75, 3.05) is 37.3 Å². The zero-order chi connectivity index (χ0) is 43.6. The van der Waals surface area contributed by atoms with Gasteiger partial charge in [0.25, 0.3) is 5.91 Å². The predicted octanol–water partition coefficient (Wildman–Crippen LogP) is 7.41. The van der Waals surface area contributed by atoms with Crippen LogP contribution in [0.1, 0.15) is 48.4 Å². The Morgan fingerprint density at radius 3 is 2.18 bits per heavy atom. The first-order valence-corrected chi connectivity index (χ1v) is 24.4. The Labute approximate surface area is 364 Å². The fraction of sp³-hybridized carbons (Fsp3) is 0.320. The number of fused-ring (bicyclic) bond motifs is 2. The summed E-state index contributed by atoms with van der Waals surface area (Å²) in [6.45, 7) is 7.25. The first-order chi connectivity index (χ1) is 30.0. The van der Waals surface area contributed by atoms with Crippen molar-refractivity contribution in [3.05, 3.63) is 150 Å². The molecular weight excluding hydrogens is 797 g/mol. The summed E-state index contributed by atoms with van der Waals surface area (Å²) >= 11 is 0. The molecule has 1 spiro atoms. The van der Waals surface area contributed by atoms with Gasteiger partial charge in [0.15, 0.2) is 5.60 Å². The number of aliphatic hydroxyl groups excluding tert-OH is 1. The molecule has 0 aromatic heterocycles. The zero-order valence-corrected chi connectivity index (χ0v) is 37.0. The first-order valence-electron chi connectivity index (χ1n) is 21.3. The number of rotatable bonds is 14. The van der Waals surface area contributed by atoms with Crippen LogP contribution in [0.5, 0.6) is 11.5 Å². The molecule has 5 aromatic rings. The molecule has 1 saturated heterocycles. The molecule has 320 valence electrons. The van der Waals surface area contributed by atoms with Crippen molar-refractivity contribution in [1.82, 2.24) is 4.90 Å². The van der Waals surface area contributed by atoms with Gasteiger partial charge in [-0.3, -0.25) is 14.4 Å². The number of aliphatic hydroxyl groups is 1. The number of amides is 3. The molecule has 0 bridgehead atoms. The standard InChI is InChI=1S/C50H54N4O7Si/c1-34-48(62(4,5)41-23-20-39(59-2)21-24-41)45(31-47(57)52(28-29-55)32-35-12-8-6-9-13-35)61-50(34)42-30-40(60-3)22-26-44(42)53(49(50)58)33-36-16-18-38(19-17-36)54-46(56)27-25-43(51-54)37-14-10-7-11-15-37/h6-24,26,30,34,45,48,55H,25,27-29,31-33H2,1-5H3/t34-,45+,48-,50+/m1/s1. The van der Waals surface area contributed by atoms with Crippen molar-refractivity contribution >= 4 is 48.1 Å². The number of carbonyl (C=O) groups excluding carboxylic acids is 3. The number of benzene rings is 5. The van der Waals surface area contributed by atoms with Crippen LogP contribution in [0.3, 0.4) is 0 Å². The largest absolute Gasteiger partial charge is 0.497 e. The van der Waals surface area contributed by atoms with Gasteiger partial charge >= 0.3 is 0 Å². The normalized spacial score (nSPS) is 20.9. The second kappa shape index (κ2) is 17.7. The fourth-order valence-electron chi connectivity index (χ4n) is 9.81. The zero-order valence-electron chi connectivity index (χ0n) is 36.0.